The van der Waals surface area contributed by atoms with Gasteiger partial charge in [0.25, 0.3) is 0 Å². The second kappa shape index (κ2) is 13.7. The Labute approximate surface area is 358 Å². The molecule has 0 aliphatic carbocycles. The number of nitrogens with zero attached hydrogens (tertiary/aromatic N) is 1. The molecule has 288 valence electrons. The van der Waals surface area contributed by atoms with E-state index in [1.807, 2.05) is 0 Å². The predicted molar refractivity (Wildman–Crippen MR) is 262 cm³/mol. The number of aromatic nitrogens is 1. The zero-order valence-corrected chi connectivity index (χ0v) is 33.7. The fraction of sp³-hybridized carbons (Fsp3) is 0. The van der Waals surface area contributed by atoms with Gasteiger partial charge in [0.05, 0.1) is 11.0 Å². The molecule has 0 aliphatic rings. The van der Waals surface area contributed by atoms with Crippen LogP contribution in [0.1, 0.15) is 0 Å². The molecule has 2 heterocycles. The van der Waals surface area contributed by atoms with Crippen LogP contribution in [0, 0.1) is 0 Å². The van der Waals surface area contributed by atoms with Gasteiger partial charge >= 0.3 is 0 Å². The van der Waals surface area contributed by atoms with E-state index in [-0.39, 0.29) is 0 Å². The highest BCUT2D eigenvalue weighted by atomic mass is 16.3. The topological polar surface area (TPSA) is 18.1 Å². The summed E-state index contributed by atoms with van der Waals surface area (Å²) in [4.78, 5) is 0. The summed E-state index contributed by atoms with van der Waals surface area (Å²) in [5, 5.41) is 12.1. The monoisotopic (exact) mass is 787 g/mol. The van der Waals surface area contributed by atoms with Gasteiger partial charge in [-0.3, -0.25) is 0 Å². The van der Waals surface area contributed by atoms with Crippen molar-refractivity contribution in [2.24, 2.45) is 0 Å². The molecule has 2 aromatic heterocycles. The van der Waals surface area contributed by atoms with Crippen molar-refractivity contribution in [2.75, 3.05) is 0 Å². The van der Waals surface area contributed by atoms with E-state index in [0.717, 1.165) is 33.2 Å². The number of rotatable bonds is 5. The first-order valence-corrected chi connectivity index (χ1v) is 21.3. The molecule has 0 fully saturated rings. The van der Waals surface area contributed by atoms with Crippen molar-refractivity contribution in [1.82, 2.24) is 4.57 Å². The van der Waals surface area contributed by atoms with Gasteiger partial charge in [-0.15, -0.1) is 0 Å². The van der Waals surface area contributed by atoms with Crippen molar-refractivity contribution >= 4 is 76.1 Å². The van der Waals surface area contributed by atoms with Crippen LogP contribution in [0.2, 0.25) is 0 Å². The molecule has 0 radical (unpaired) electrons. The molecule has 0 bridgehead atoms. The molecule has 0 saturated heterocycles. The summed E-state index contributed by atoms with van der Waals surface area (Å²) in [5.41, 5.74) is 14.9. The predicted octanol–water partition coefficient (Wildman–Crippen LogP) is 16.8. The maximum absolute atomic E-state index is 6.73. The highest BCUT2D eigenvalue weighted by Gasteiger charge is 2.22. The maximum Gasteiger partial charge on any atom is 0.136 e. The molecule has 0 N–H and O–H groups in total. The lowest BCUT2D eigenvalue weighted by Gasteiger charge is -2.20. The van der Waals surface area contributed by atoms with Crippen LogP contribution in [0.4, 0.5) is 0 Å². The average Bonchev–Trinajstić information content (AvgIpc) is 3.88. The second-order valence-corrected chi connectivity index (χ2v) is 16.4. The fourth-order valence-electron chi connectivity index (χ4n) is 10.2. The number of para-hydroxylation sites is 2. The minimum atomic E-state index is 0.888. The van der Waals surface area contributed by atoms with Crippen molar-refractivity contribution < 1.29 is 4.42 Å². The number of furan rings is 1. The maximum atomic E-state index is 6.73. The number of benzene rings is 11. The molecule has 2 heteroatoms. The summed E-state index contributed by atoms with van der Waals surface area (Å²) in [6.07, 6.45) is 0. The Kier molecular flexibility index (Phi) is 7.64. The van der Waals surface area contributed by atoms with Gasteiger partial charge in [0.15, 0.2) is 0 Å². The van der Waals surface area contributed by atoms with E-state index >= 15 is 0 Å². The first kappa shape index (κ1) is 34.6. The van der Waals surface area contributed by atoms with Gasteiger partial charge in [0, 0.05) is 27.2 Å². The quantitative estimate of drug-likeness (QED) is 0.159. The van der Waals surface area contributed by atoms with Crippen LogP contribution in [-0.4, -0.2) is 4.57 Å². The molecule has 0 atom stereocenters. The SMILES string of the molecule is c1ccc(-n2c3ccccc3c3ccc(-c4ccccc4-c4c5ccccc5c(-c5cccc6oc7cc(-c8ccc9ccccc9c8)ccc7c56)c5ccccc45)cc32)cc1. The Hall–Kier alpha value is -8.20. The Bertz CT molecular complexity index is 3870. The number of hydrogen-bond donors (Lipinski definition) is 0. The molecule has 0 spiro atoms. The van der Waals surface area contributed by atoms with Gasteiger partial charge in [-0.2, -0.15) is 0 Å². The Morgan fingerprint density at radius 2 is 0.839 bits per heavy atom. The summed E-state index contributed by atoms with van der Waals surface area (Å²) in [5.74, 6) is 0. The molecular weight excluding hydrogens is 751 g/mol. The minimum absolute atomic E-state index is 0.888. The molecule has 13 aromatic rings. The molecule has 2 nitrogen and oxygen atoms in total. The highest BCUT2D eigenvalue weighted by molar-refractivity contribution is 6.26. The third-order valence-electron chi connectivity index (χ3n) is 13.0. The normalized spacial score (nSPS) is 11.9. The first-order valence-electron chi connectivity index (χ1n) is 21.3. The molecule has 0 unspecified atom stereocenters. The molecule has 62 heavy (non-hydrogen) atoms. The zero-order chi connectivity index (χ0) is 40.7. The van der Waals surface area contributed by atoms with Crippen LogP contribution < -0.4 is 0 Å². The van der Waals surface area contributed by atoms with E-state index < -0.39 is 0 Å². The van der Waals surface area contributed by atoms with Gasteiger partial charge in [0.2, 0.25) is 0 Å². The molecule has 0 aliphatic heterocycles. The van der Waals surface area contributed by atoms with Gasteiger partial charge in [-0.1, -0.05) is 176 Å². The van der Waals surface area contributed by atoms with E-state index in [1.54, 1.807) is 0 Å². The van der Waals surface area contributed by atoms with Gasteiger partial charge in [-0.25, -0.2) is 0 Å². The van der Waals surface area contributed by atoms with Crippen molar-refractivity contribution in [3.8, 4) is 50.2 Å². The van der Waals surface area contributed by atoms with Gasteiger partial charge < -0.3 is 8.98 Å². The Balaban J connectivity index is 1.02. The lowest BCUT2D eigenvalue weighted by atomic mass is 9.83. The summed E-state index contributed by atoms with van der Waals surface area (Å²) < 4.78 is 9.13. The molecule has 0 saturated carbocycles. The molecule has 11 aromatic carbocycles. The highest BCUT2D eigenvalue weighted by Crippen LogP contribution is 2.49. The smallest absolute Gasteiger partial charge is 0.136 e. The van der Waals surface area contributed by atoms with E-state index in [1.165, 1.54) is 93.1 Å². The van der Waals surface area contributed by atoms with Crippen molar-refractivity contribution in [3.63, 3.8) is 0 Å². The lowest BCUT2D eigenvalue weighted by Crippen LogP contribution is -1.94. The fourth-order valence-corrected chi connectivity index (χ4v) is 10.2. The third-order valence-corrected chi connectivity index (χ3v) is 13.0. The van der Waals surface area contributed by atoms with Gasteiger partial charge in [0.1, 0.15) is 11.2 Å². The van der Waals surface area contributed by atoms with E-state index in [4.69, 9.17) is 4.42 Å². The van der Waals surface area contributed by atoms with Crippen LogP contribution in [0.15, 0.2) is 229 Å². The van der Waals surface area contributed by atoms with Crippen LogP contribution >= 0.6 is 0 Å². The van der Waals surface area contributed by atoms with Crippen molar-refractivity contribution in [1.29, 1.82) is 0 Å². The molecular formula is C60H37NO. The van der Waals surface area contributed by atoms with Crippen LogP contribution in [-0.2, 0) is 0 Å². The standard InChI is InChI=1S/C60H37NO/c1-2-17-43(18-3-1)61-54-27-13-12-20-45(54)46-33-32-42(36-55(46)61)44-19-6-7-21-47(44)58-48-22-8-10-24-50(48)59(51-25-11-9-23-49(51)58)53-26-14-28-56-60(53)52-34-31-41(37-57(52)62-56)40-30-29-38-15-4-5-16-39(38)35-40/h1-37H. The van der Waals surface area contributed by atoms with Crippen LogP contribution in [0.25, 0.3) is 126 Å². The van der Waals surface area contributed by atoms with E-state index in [0.29, 0.717) is 0 Å². The molecule has 13 rings (SSSR count). The van der Waals surface area contributed by atoms with Crippen molar-refractivity contribution in [3.05, 3.63) is 224 Å². The minimum Gasteiger partial charge on any atom is -0.456 e. The summed E-state index contributed by atoms with van der Waals surface area (Å²) in [6.45, 7) is 0. The zero-order valence-electron chi connectivity index (χ0n) is 33.7. The second-order valence-electron chi connectivity index (χ2n) is 16.4. The average molecular weight is 788 g/mol. The first-order chi connectivity index (χ1) is 30.8. The third kappa shape index (κ3) is 5.23. The lowest BCUT2D eigenvalue weighted by molar-refractivity contribution is 0.669. The largest absolute Gasteiger partial charge is 0.456 e. The summed E-state index contributed by atoms with van der Waals surface area (Å²) >= 11 is 0. The summed E-state index contributed by atoms with van der Waals surface area (Å²) in [6, 6.07) is 81.7. The molecule has 0 amide bonds. The number of fused-ring (bicyclic) bond motifs is 9. The van der Waals surface area contributed by atoms with Crippen molar-refractivity contribution in [2.45, 2.75) is 0 Å². The van der Waals surface area contributed by atoms with E-state index in [9.17, 15) is 0 Å². The van der Waals surface area contributed by atoms with Crippen LogP contribution in [0.3, 0.4) is 0 Å². The Morgan fingerprint density at radius 3 is 1.61 bits per heavy atom. The van der Waals surface area contributed by atoms with E-state index in [2.05, 4.69) is 229 Å². The Morgan fingerprint density at radius 1 is 0.290 bits per heavy atom. The number of hydrogen-bond acceptors (Lipinski definition) is 1. The van der Waals surface area contributed by atoms with Crippen LogP contribution in [0.5, 0.6) is 0 Å². The van der Waals surface area contributed by atoms with Gasteiger partial charge in [-0.05, 0) is 125 Å². The summed E-state index contributed by atoms with van der Waals surface area (Å²) in [7, 11) is 0.